The van der Waals surface area contributed by atoms with E-state index in [1.807, 2.05) is 36.4 Å². The van der Waals surface area contributed by atoms with Crippen molar-refractivity contribution in [1.29, 1.82) is 0 Å². The molecule has 1 fully saturated rings. The van der Waals surface area contributed by atoms with Crippen LogP contribution >= 0.6 is 0 Å². The van der Waals surface area contributed by atoms with Crippen LogP contribution in [0.15, 0.2) is 42.5 Å². The van der Waals surface area contributed by atoms with Gasteiger partial charge in [0, 0.05) is 23.7 Å². The molecule has 28 heavy (non-hydrogen) atoms. The quantitative estimate of drug-likeness (QED) is 0.695. The Kier molecular flexibility index (Phi) is 6.18. The normalized spacial score (nSPS) is 13.6. The summed E-state index contributed by atoms with van der Waals surface area (Å²) in [6.45, 7) is 9.01. The molecule has 0 unspecified atom stereocenters. The first kappa shape index (κ1) is 20.1. The summed E-state index contributed by atoms with van der Waals surface area (Å²) in [7, 11) is 0. The molecule has 0 radical (unpaired) electrons. The third-order valence-electron chi connectivity index (χ3n) is 5.23. The maximum atomic E-state index is 12.8. The van der Waals surface area contributed by atoms with Crippen molar-refractivity contribution in [3.8, 4) is 0 Å². The van der Waals surface area contributed by atoms with Crippen LogP contribution in [0.4, 0.5) is 5.69 Å². The highest BCUT2D eigenvalue weighted by Crippen LogP contribution is 2.30. The molecule has 0 atom stereocenters. The number of carbonyl (C=O) groups excluding carboxylic acids is 2. The zero-order valence-corrected chi connectivity index (χ0v) is 17.2. The highest BCUT2D eigenvalue weighted by Gasteiger charge is 2.29. The van der Waals surface area contributed by atoms with E-state index in [0.29, 0.717) is 12.5 Å². The Hall–Kier alpha value is -2.62. The first-order valence-electron chi connectivity index (χ1n) is 10.2. The predicted molar refractivity (Wildman–Crippen MR) is 114 cm³/mol. The number of rotatable bonds is 7. The molecular formula is C24H30N2O2. The lowest BCUT2D eigenvalue weighted by Crippen LogP contribution is -2.24. The molecule has 4 heteroatoms. The monoisotopic (exact) mass is 378 g/mol. The van der Waals surface area contributed by atoms with E-state index in [9.17, 15) is 9.59 Å². The van der Waals surface area contributed by atoms with Crippen molar-refractivity contribution in [2.75, 3.05) is 5.32 Å². The van der Waals surface area contributed by atoms with Crippen molar-refractivity contribution in [3.05, 3.63) is 64.7 Å². The van der Waals surface area contributed by atoms with Gasteiger partial charge in [0.2, 0.25) is 5.91 Å². The van der Waals surface area contributed by atoms with Gasteiger partial charge in [0.05, 0.1) is 0 Å². The Bertz CT molecular complexity index is 849. The second kappa shape index (κ2) is 8.59. The lowest BCUT2D eigenvalue weighted by Gasteiger charge is -2.16. The number of hydrogen-bond donors (Lipinski definition) is 2. The number of benzene rings is 2. The van der Waals surface area contributed by atoms with E-state index in [0.717, 1.165) is 35.2 Å². The fraction of sp³-hybridized carbons (Fsp3) is 0.417. The van der Waals surface area contributed by atoms with Gasteiger partial charge in [-0.1, -0.05) is 52.0 Å². The van der Waals surface area contributed by atoms with E-state index in [1.54, 1.807) is 0 Å². The van der Waals surface area contributed by atoms with E-state index in [4.69, 9.17) is 0 Å². The Balaban J connectivity index is 1.62. The van der Waals surface area contributed by atoms with Crippen LogP contribution in [0.1, 0.15) is 79.4 Å². The molecule has 0 spiro atoms. The lowest BCUT2D eigenvalue weighted by atomic mass is 9.91. The van der Waals surface area contributed by atoms with Crippen LogP contribution in [-0.2, 0) is 11.3 Å². The largest absolute Gasteiger partial charge is 0.348 e. The summed E-state index contributed by atoms with van der Waals surface area (Å²) in [5.41, 5.74) is 4.89. The molecule has 148 valence electrons. The smallest absolute Gasteiger partial charge is 0.251 e. The van der Waals surface area contributed by atoms with Crippen LogP contribution in [0.2, 0.25) is 0 Å². The molecule has 1 saturated carbocycles. The number of hydrogen-bond acceptors (Lipinski definition) is 2. The Morgan fingerprint density at radius 3 is 2.21 bits per heavy atom. The van der Waals surface area contributed by atoms with Crippen molar-refractivity contribution in [2.45, 2.75) is 58.9 Å². The zero-order chi connectivity index (χ0) is 20.3. The molecule has 3 rings (SSSR count). The summed E-state index contributed by atoms with van der Waals surface area (Å²) >= 11 is 0. The molecule has 1 aliphatic rings. The van der Waals surface area contributed by atoms with Crippen molar-refractivity contribution >= 4 is 17.5 Å². The van der Waals surface area contributed by atoms with Crippen molar-refractivity contribution in [3.63, 3.8) is 0 Å². The molecule has 0 bridgehead atoms. The van der Waals surface area contributed by atoms with Gasteiger partial charge >= 0.3 is 0 Å². The molecule has 4 nitrogen and oxygen atoms in total. The van der Waals surface area contributed by atoms with Gasteiger partial charge in [-0.05, 0) is 59.6 Å². The summed E-state index contributed by atoms with van der Waals surface area (Å²) in [4.78, 5) is 24.6. The second-order valence-electron chi connectivity index (χ2n) is 8.30. The molecule has 2 aromatic carbocycles. The number of amides is 2. The fourth-order valence-electron chi connectivity index (χ4n) is 3.20. The topological polar surface area (TPSA) is 58.2 Å². The molecule has 0 aromatic heterocycles. The Morgan fingerprint density at radius 2 is 1.64 bits per heavy atom. The maximum absolute atomic E-state index is 12.8. The minimum absolute atomic E-state index is 0.0508. The minimum Gasteiger partial charge on any atom is -0.348 e. The first-order chi connectivity index (χ1) is 13.3. The van der Waals surface area contributed by atoms with E-state index < -0.39 is 0 Å². The lowest BCUT2D eigenvalue weighted by molar-refractivity contribution is -0.117. The van der Waals surface area contributed by atoms with Crippen LogP contribution < -0.4 is 10.6 Å². The molecule has 2 N–H and O–H groups in total. The molecule has 0 heterocycles. The van der Waals surface area contributed by atoms with Crippen LogP contribution in [-0.4, -0.2) is 11.8 Å². The van der Waals surface area contributed by atoms with Crippen molar-refractivity contribution < 1.29 is 9.59 Å². The average molecular weight is 379 g/mol. The SMILES string of the molecule is CC(C)c1ccc(C(=O)NCc2ccc(NC(=O)C3CC3)cc2)c(C(C)C)c1. The summed E-state index contributed by atoms with van der Waals surface area (Å²) in [5.74, 6) is 0.968. The van der Waals surface area contributed by atoms with E-state index in [1.165, 1.54) is 5.56 Å². The fourth-order valence-corrected chi connectivity index (χ4v) is 3.20. The highest BCUT2D eigenvalue weighted by atomic mass is 16.2. The van der Waals surface area contributed by atoms with Crippen LogP contribution in [0.5, 0.6) is 0 Å². The molecule has 1 aliphatic carbocycles. The Labute approximate surface area is 167 Å². The maximum Gasteiger partial charge on any atom is 0.251 e. The van der Waals surface area contributed by atoms with Gasteiger partial charge in [-0.25, -0.2) is 0 Å². The van der Waals surface area contributed by atoms with E-state index in [2.05, 4.69) is 44.4 Å². The third kappa shape index (κ3) is 5.00. The second-order valence-corrected chi connectivity index (χ2v) is 8.30. The predicted octanol–water partition coefficient (Wildman–Crippen LogP) is 5.21. The van der Waals surface area contributed by atoms with Gasteiger partial charge in [0.25, 0.3) is 5.91 Å². The number of carbonyl (C=O) groups is 2. The van der Waals surface area contributed by atoms with Crippen LogP contribution in [0.3, 0.4) is 0 Å². The standard InChI is InChI=1S/C24H30N2O2/c1-15(2)19-9-12-21(22(13-19)16(3)4)24(28)25-14-17-5-10-20(11-6-17)26-23(27)18-7-8-18/h5-6,9-13,15-16,18H,7-8,14H2,1-4H3,(H,25,28)(H,26,27). The first-order valence-corrected chi connectivity index (χ1v) is 10.2. The van der Waals surface area contributed by atoms with Gasteiger partial charge in [0.15, 0.2) is 0 Å². The van der Waals surface area contributed by atoms with Crippen molar-refractivity contribution in [2.24, 2.45) is 5.92 Å². The average Bonchev–Trinajstić information content (AvgIpc) is 3.52. The summed E-state index contributed by atoms with van der Waals surface area (Å²) in [6.07, 6.45) is 1.99. The molecule has 0 saturated heterocycles. The van der Waals surface area contributed by atoms with Gasteiger partial charge in [0.1, 0.15) is 0 Å². The zero-order valence-electron chi connectivity index (χ0n) is 17.2. The summed E-state index contributed by atoms with van der Waals surface area (Å²) in [6, 6.07) is 13.8. The number of anilines is 1. The Morgan fingerprint density at radius 1 is 0.964 bits per heavy atom. The van der Waals surface area contributed by atoms with Crippen LogP contribution in [0, 0.1) is 5.92 Å². The summed E-state index contributed by atoms with van der Waals surface area (Å²) in [5, 5.41) is 5.95. The molecule has 2 aromatic rings. The molecule has 0 aliphatic heterocycles. The van der Waals surface area contributed by atoms with E-state index in [-0.39, 0.29) is 23.7 Å². The third-order valence-corrected chi connectivity index (χ3v) is 5.23. The minimum atomic E-state index is -0.0508. The number of nitrogens with one attached hydrogen (secondary N) is 2. The van der Waals surface area contributed by atoms with Gasteiger partial charge in [-0.15, -0.1) is 0 Å². The highest BCUT2D eigenvalue weighted by molar-refractivity contribution is 5.96. The van der Waals surface area contributed by atoms with Gasteiger partial charge in [-0.3, -0.25) is 9.59 Å². The van der Waals surface area contributed by atoms with Crippen molar-refractivity contribution in [1.82, 2.24) is 5.32 Å². The van der Waals surface area contributed by atoms with Gasteiger partial charge in [-0.2, -0.15) is 0 Å². The van der Waals surface area contributed by atoms with Gasteiger partial charge < -0.3 is 10.6 Å². The summed E-state index contributed by atoms with van der Waals surface area (Å²) < 4.78 is 0. The van der Waals surface area contributed by atoms with E-state index >= 15 is 0 Å². The van der Waals surface area contributed by atoms with Crippen LogP contribution in [0.25, 0.3) is 0 Å². The molecule has 2 amide bonds. The molecular weight excluding hydrogens is 348 g/mol.